The molecule has 4 rings (SSSR count). The van der Waals surface area contributed by atoms with Gasteiger partial charge in [0.15, 0.2) is 23.9 Å². The predicted molar refractivity (Wildman–Crippen MR) is 107 cm³/mol. The van der Waals surface area contributed by atoms with Gasteiger partial charge in [-0.15, -0.1) is 11.3 Å². The number of esters is 1. The Bertz CT molecular complexity index is 1080. The molecular weight excluding hydrogens is 378 g/mol. The Balaban J connectivity index is 1.57. The molecule has 2 aromatic heterocycles. The van der Waals surface area contributed by atoms with Gasteiger partial charge in [0, 0.05) is 4.88 Å². The number of phenolic OH excluding ortho intramolecular Hbond substituents is 2. The number of carbonyl (C=O) groups excluding carboxylic acids is 1. The van der Waals surface area contributed by atoms with Gasteiger partial charge in [-0.3, -0.25) is 0 Å². The summed E-state index contributed by atoms with van der Waals surface area (Å²) in [5.74, 6) is -0.881. The smallest absolute Gasteiger partial charge is 0.342 e. The molecule has 0 saturated carbocycles. The number of carbonyl (C=O) groups is 1. The van der Waals surface area contributed by atoms with Crippen LogP contribution in [0, 0.1) is 6.92 Å². The average Bonchev–Trinajstić information content (AvgIpc) is 2.86. The Labute approximate surface area is 165 Å². The minimum Gasteiger partial charge on any atom is -0.504 e. The highest BCUT2D eigenvalue weighted by Gasteiger charge is 2.21. The van der Waals surface area contributed by atoms with Crippen LogP contribution in [0.25, 0.3) is 10.2 Å². The summed E-state index contributed by atoms with van der Waals surface area (Å²) in [5, 5.41) is 20.7. The molecule has 0 unspecified atom stereocenters. The molecule has 7 nitrogen and oxygen atoms in total. The van der Waals surface area contributed by atoms with E-state index < -0.39 is 11.7 Å². The number of thiophene rings is 1. The Kier molecular flexibility index (Phi) is 4.80. The van der Waals surface area contributed by atoms with Gasteiger partial charge in [0.1, 0.15) is 16.2 Å². The van der Waals surface area contributed by atoms with Crippen molar-refractivity contribution in [3.8, 4) is 11.5 Å². The molecule has 2 heterocycles. The van der Waals surface area contributed by atoms with Crippen LogP contribution in [-0.2, 0) is 24.2 Å². The van der Waals surface area contributed by atoms with E-state index in [0.717, 1.165) is 29.5 Å². The number of anilines is 1. The lowest BCUT2D eigenvalue weighted by molar-refractivity contribution is 0.0458. The van der Waals surface area contributed by atoms with Gasteiger partial charge in [0.2, 0.25) is 0 Å². The van der Waals surface area contributed by atoms with Crippen LogP contribution >= 0.6 is 11.3 Å². The summed E-state index contributed by atoms with van der Waals surface area (Å²) in [6, 6.07) is 2.94. The Hall–Kier alpha value is -2.87. The number of phenols is 2. The van der Waals surface area contributed by atoms with E-state index in [0.29, 0.717) is 17.2 Å². The van der Waals surface area contributed by atoms with Gasteiger partial charge in [-0.1, -0.05) is 12.5 Å². The fourth-order valence-electron chi connectivity index (χ4n) is 3.53. The van der Waals surface area contributed by atoms with Crippen molar-refractivity contribution >= 4 is 33.3 Å². The van der Waals surface area contributed by atoms with Gasteiger partial charge in [-0.25, -0.2) is 14.8 Å². The summed E-state index contributed by atoms with van der Waals surface area (Å²) in [7, 11) is 0. The summed E-state index contributed by atoms with van der Waals surface area (Å²) < 4.78 is 5.23. The molecule has 0 bridgehead atoms. The van der Waals surface area contributed by atoms with E-state index in [9.17, 15) is 15.0 Å². The topological polar surface area (TPSA) is 119 Å². The number of nitrogen functional groups attached to an aromatic ring is 1. The molecule has 3 aromatic rings. The maximum atomic E-state index is 12.3. The van der Waals surface area contributed by atoms with Crippen LogP contribution in [0.1, 0.15) is 51.4 Å². The average molecular weight is 399 g/mol. The third-order valence-corrected chi connectivity index (χ3v) is 6.23. The van der Waals surface area contributed by atoms with Crippen molar-refractivity contribution in [2.45, 2.75) is 45.6 Å². The predicted octanol–water partition coefficient (Wildman–Crippen LogP) is 3.62. The van der Waals surface area contributed by atoms with Crippen LogP contribution < -0.4 is 5.73 Å². The first-order chi connectivity index (χ1) is 13.5. The van der Waals surface area contributed by atoms with E-state index in [1.165, 1.54) is 35.4 Å². The molecule has 0 atom stereocenters. The zero-order chi connectivity index (χ0) is 19.8. The number of benzene rings is 1. The second kappa shape index (κ2) is 7.27. The first-order valence-electron chi connectivity index (χ1n) is 9.21. The summed E-state index contributed by atoms with van der Waals surface area (Å²) in [6.45, 7) is 1.45. The van der Waals surface area contributed by atoms with Crippen LogP contribution in [0.15, 0.2) is 12.1 Å². The van der Waals surface area contributed by atoms with Crippen molar-refractivity contribution in [3.05, 3.63) is 39.5 Å². The molecule has 28 heavy (non-hydrogen) atoms. The van der Waals surface area contributed by atoms with Gasteiger partial charge in [0.05, 0.1) is 5.39 Å². The third kappa shape index (κ3) is 3.24. The monoisotopic (exact) mass is 399 g/mol. The van der Waals surface area contributed by atoms with Crippen molar-refractivity contribution < 1.29 is 19.7 Å². The zero-order valence-corrected chi connectivity index (χ0v) is 16.3. The number of hydrogen-bond donors (Lipinski definition) is 3. The standard InChI is InChI=1S/C20H21N3O4S/c1-10-7-8-12(17(25)16(10)24)20(26)27-9-14-22-18(21)15-11-5-3-2-4-6-13(11)28-19(15)23-14/h7-8,24-25H,2-6,9H2,1H3,(H2,21,22,23). The number of aromatic hydroxyl groups is 2. The van der Waals surface area contributed by atoms with Crippen LogP contribution in [0.3, 0.4) is 0 Å². The molecule has 0 amide bonds. The van der Waals surface area contributed by atoms with Crippen molar-refractivity contribution in [1.29, 1.82) is 0 Å². The molecule has 0 aliphatic heterocycles. The van der Waals surface area contributed by atoms with E-state index in [1.54, 1.807) is 18.3 Å². The van der Waals surface area contributed by atoms with Gasteiger partial charge < -0.3 is 20.7 Å². The summed E-state index contributed by atoms with van der Waals surface area (Å²) in [4.78, 5) is 23.3. The van der Waals surface area contributed by atoms with Crippen LogP contribution in [0.4, 0.5) is 5.82 Å². The first-order valence-corrected chi connectivity index (χ1v) is 10.0. The molecule has 1 aliphatic rings. The molecular formula is C20H21N3O4S. The molecule has 0 radical (unpaired) electrons. The molecule has 0 spiro atoms. The quantitative estimate of drug-likeness (QED) is 0.350. The van der Waals surface area contributed by atoms with Gasteiger partial charge in [-0.2, -0.15) is 0 Å². The highest BCUT2D eigenvalue weighted by molar-refractivity contribution is 7.19. The number of nitrogens with two attached hydrogens (primary N) is 1. The second-order valence-electron chi connectivity index (χ2n) is 6.97. The van der Waals surface area contributed by atoms with Crippen LogP contribution in [0.2, 0.25) is 0 Å². The normalized spacial score (nSPS) is 13.9. The number of aromatic nitrogens is 2. The van der Waals surface area contributed by atoms with Crippen LogP contribution in [-0.4, -0.2) is 26.2 Å². The van der Waals surface area contributed by atoms with Gasteiger partial charge in [0.25, 0.3) is 0 Å². The van der Waals surface area contributed by atoms with Gasteiger partial charge >= 0.3 is 5.97 Å². The molecule has 8 heteroatoms. The first kappa shape index (κ1) is 18.5. The van der Waals surface area contributed by atoms with Crippen LogP contribution in [0.5, 0.6) is 11.5 Å². The molecule has 0 fully saturated rings. The van der Waals surface area contributed by atoms with E-state index in [2.05, 4.69) is 9.97 Å². The molecule has 1 aliphatic carbocycles. The molecule has 1 aromatic carbocycles. The minimum atomic E-state index is -0.767. The van der Waals surface area contributed by atoms with E-state index in [1.807, 2.05) is 0 Å². The Morgan fingerprint density at radius 2 is 1.96 bits per heavy atom. The number of ether oxygens (including phenoxy) is 1. The SMILES string of the molecule is Cc1ccc(C(=O)OCc2nc(N)c3c4c(sc3n2)CCCCC4)c(O)c1O. The fourth-order valence-corrected chi connectivity index (χ4v) is 4.81. The Morgan fingerprint density at radius 1 is 1.18 bits per heavy atom. The highest BCUT2D eigenvalue weighted by atomic mass is 32.1. The lowest BCUT2D eigenvalue weighted by Crippen LogP contribution is -2.09. The maximum Gasteiger partial charge on any atom is 0.342 e. The molecule has 4 N–H and O–H groups in total. The van der Waals surface area contributed by atoms with E-state index >= 15 is 0 Å². The zero-order valence-electron chi connectivity index (χ0n) is 15.5. The lowest BCUT2D eigenvalue weighted by atomic mass is 10.1. The third-order valence-electron chi connectivity index (χ3n) is 5.04. The summed E-state index contributed by atoms with van der Waals surface area (Å²) >= 11 is 1.63. The maximum absolute atomic E-state index is 12.3. The van der Waals surface area contributed by atoms with Crippen molar-refractivity contribution in [3.63, 3.8) is 0 Å². The fraction of sp³-hybridized carbons (Fsp3) is 0.350. The number of fused-ring (bicyclic) bond motifs is 3. The molecule has 146 valence electrons. The van der Waals surface area contributed by atoms with E-state index in [-0.39, 0.29) is 17.9 Å². The molecule has 0 saturated heterocycles. The number of hydrogen-bond acceptors (Lipinski definition) is 8. The highest BCUT2D eigenvalue weighted by Crippen LogP contribution is 2.37. The van der Waals surface area contributed by atoms with Gasteiger partial charge in [-0.05, 0) is 49.8 Å². The Morgan fingerprint density at radius 3 is 2.79 bits per heavy atom. The second-order valence-corrected chi connectivity index (χ2v) is 8.06. The van der Waals surface area contributed by atoms with Crippen molar-refractivity contribution in [2.24, 2.45) is 0 Å². The van der Waals surface area contributed by atoms with Crippen molar-refractivity contribution in [1.82, 2.24) is 9.97 Å². The van der Waals surface area contributed by atoms with E-state index in [4.69, 9.17) is 10.5 Å². The lowest BCUT2D eigenvalue weighted by Gasteiger charge is -2.09. The summed E-state index contributed by atoms with van der Waals surface area (Å²) in [5.41, 5.74) is 7.81. The number of rotatable bonds is 3. The largest absolute Gasteiger partial charge is 0.504 e. The summed E-state index contributed by atoms with van der Waals surface area (Å²) in [6.07, 6.45) is 5.57. The number of nitrogens with zero attached hydrogens (tertiary/aromatic N) is 2. The number of aryl methyl sites for hydroxylation is 3. The minimum absolute atomic E-state index is 0.111. The van der Waals surface area contributed by atoms with Crippen molar-refractivity contribution in [2.75, 3.05) is 5.73 Å².